The van der Waals surface area contributed by atoms with Crippen molar-refractivity contribution in [3.8, 4) is 0 Å². The Morgan fingerprint density at radius 3 is 2.05 bits per heavy atom. The van der Waals surface area contributed by atoms with Crippen molar-refractivity contribution in [2.75, 3.05) is 21.3 Å². The molecule has 82 heavy (non-hydrogen) atoms. The number of fused-ring (bicyclic) bond motifs is 3. The van der Waals surface area contributed by atoms with Crippen molar-refractivity contribution < 1.29 is 113 Å². The standard InChI is InChI=1S/C59H104O23/c1-12-13-18-43(57(71)76-11)58(72)79-41-17-15-19-44(64)55-53(81-55)34(6)52(33(5)51(69)32(4)50(68)31(3)35(7)77-49-28-47(74-9)54(75-10)36(8)78-49)80-48(67)20-14-16-37(60)23-39(62)24-38(61)22-21-30(2)46(66)29-59(73)56(70)45(65)27-42(82-59)26-40(63)25-41/h14,20,30-47,49-56,60-66,68-70,73H,12-13,15-19,21-29H2,1-11H3/b20-14+/t30?,31?,32?,33?,34?,35?,36-,37?,38?,39?,40?,41?,42+,43?,44?,45-,46?,47-,49+,50?,51?,52?,53?,54+,55?,56+,59-/m1/s1. The fourth-order valence-electron chi connectivity index (χ4n) is 12.2. The van der Waals surface area contributed by atoms with Crippen LogP contribution in [0.15, 0.2) is 12.2 Å². The molecular formula is C59H104O23. The van der Waals surface area contributed by atoms with E-state index in [0.717, 1.165) is 13.2 Å². The van der Waals surface area contributed by atoms with Gasteiger partial charge in [-0.05, 0) is 84.0 Å². The van der Waals surface area contributed by atoms with Gasteiger partial charge in [-0.25, -0.2) is 4.79 Å². The highest BCUT2D eigenvalue weighted by molar-refractivity contribution is 5.94. The summed E-state index contributed by atoms with van der Waals surface area (Å²) in [6.45, 7) is 14.1. The highest BCUT2D eigenvalue weighted by Crippen LogP contribution is 2.41. The number of carbonyl (C=O) groups excluding carboxylic acids is 3. The zero-order chi connectivity index (χ0) is 61.3. The normalized spacial score (nSPS) is 40.5. The minimum atomic E-state index is -2.46. The van der Waals surface area contributed by atoms with Gasteiger partial charge < -0.3 is 98.8 Å². The molecule has 0 aromatic heterocycles. The van der Waals surface area contributed by atoms with E-state index in [0.29, 0.717) is 19.3 Å². The first-order valence-electron chi connectivity index (χ1n) is 30.0. The van der Waals surface area contributed by atoms with Crippen LogP contribution in [-0.4, -0.2) is 223 Å². The summed E-state index contributed by atoms with van der Waals surface area (Å²) in [5, 5.41) is 124. The van der Waals surface area contributed by atoms with Gasteiger partial charge in [-0.1, -0.05) is 60.5 Å². The summed E-state index contributed by atoms with van der Waals surface area (Å²) < 4.78 is 52.5. The molecule has 2 bridgehead atoms. The lowest BCUT2D eigenvalue weighted by Gasteiger charge is -2.45. The van der Waals surface area contributed by atoms with E-state index in [2.05, 4.69) is 0 Å². The Kier molecular flexibility index (Phi) is 29.9. The molecule has 0 aromatic rings. The smallest absolute Gasteiger partial charge is 0.330 e. The number of hydrogen-bond donors (Lipinski definition) is 11. The summed E-state index contributed by atoms with van der Waals surface area (Å²) in [7, 11) is 4.33. The second kappa shape index (κ2) is 34.1. The van der Waals surface area contributed by atoms with E-state index in [1.165, 1.54) is 6.08 Å². The van der Waals surface area contributed by atoms with E-state index in [4.69, 9.17) is 42.6 Å². The average molecular weight is 1180 g/mol. The van der Waals surface area contributed by atoms with Gasteiger partial charge in [-0.3, -0.25) is 9.59 Å². The number of aliphatic hydroxyl groups is 11. The molecule has 0 saturated carbocycles. The van der Waals surface area contributed by atoms with Crippen LogP contribution in [0, 0.1) is 35.5 Å². The molecule has 23 heteroatoms. The van der Waals surface area contributed by atoms with E-state index in [1.54, 1.807) is 55.8 Å². The summed E-state index contributed by atoms with van der Waals surface area (Å²) in [5.74, 6) is -9.57. The summed E-state index contributed by atoms with van der Waals surface area (Å²) in [4.78, 5) is 40.1. The van der Waals surface area contributed by atoms with Crippen LogP contribution in [0.2, 0.25) is 0 Å². The van der Waals surface area contributed by atoms with Crippen molar-refractivity contribution in [1.29, 1.82) is 0 Å². The predicted octanol–water partition coefficient (Wildman–Crippen LogP) is 2.25. The number of rotatable bonds is 16. The van der Waals surface area contributed by atoms with E-state index >= 15 is 0 Å². The Morgan fingerprint density at radius 2 is 1.40 bits per heavy atom. The number of methoxy groups -OCH3 is 3. The van der Waals surface area contributed by atoms with E-state index in [1.807, 2.05) is 13.8 Å². The van der Waals surface area contributed by atoms with Crippen LogP contribution >= 0.6 is 0 Å². The van der Waals surface area contributed by atoms with Gasteiger partial charge in [0, 0.05) is 69.7 Å². The van der Waals surface area contributed by atoms with Gasteiger partial charge in [0.25, 0.3) is 0 Å². The Labute approximate surface area is 484 Å². The average Bonchev–Trinajstić information content (AvgIpc) is 4.25. The quantitative estimate of drug-likeness (QED) is 0.0457. The Morgan fingerprint density at radius 1 is 0.732 bits per heavy atom. The number of carbonyl (C=O) groups is 3. The fraction of sp³-hybridized carbons (Fsp3) is 0.915. The molecule has 3 saturated heterocycles. The lowest BCUT2D eigenvalue weighted by Crippen LogP contribution is -2.59. The van der Waals surface area contributed by atoms with Crippen molar-refractivity contribution in [1.82, 2.24) is 0 Å². The topological polar surface area (TPSA) is 360 Å². The minimum absolute atomic E-state index is 0.0781. The molecule has 478 valence electrons. The Balaban J connectivity index is 1.58. The SMILES string of the molecule is CCCCC(C(=O)OC)C(=O)OC1CCCC(O)C2OC2C(C)C(C(C)C(O)C(C)C(O)C(C)C(C)O[C@@H]2C[C@@H](OC)[C@@H](OC)[C@@H](C)O2)OC(=O)/C=C/CC(O)CC(O)CC(O)CCC(C)C(O)C[C@@]2(O)O[C@@H](CC(O)C1)C[C@@H](O)[C@@H]2O. The van der Waals surface area contributed by atoms with E-state index in [-0.39, 0.29) is 95.4 Å². The molecule has 4 aliphatic rings. The summed E-state index contributed by atoms with van der Waals surface area (Å²) in [6.07, 6.45) is -16.1. The van der Waals surface area contributed by atoms with Crippen molar-refractivity contribution >= 4 is 17.9 Å². The number of esters is 3. The van der Waals surface area contributed by atoms with Gasteiger partial charge >= 0.3 is 17.9 Å². The summed E-state index contributed by atoms with van der Waals surface area (Å²) >= 11 is 0. The maximum Gasteiger partial charge on any atom is 0.330 e. The maximum atomic E-state index is 13.7. The third-order valence-electron chi connectivity index (χ3n) is 17.8. The van der Waals surface area contributed by atoms with E-state index in [9.17, 15) is 70.6 Å². The maximum absolute atomic E-state index is 13.7. The predicted molar refractivity (Wildman–Crippen MR) is 295 cm³/mol. The summed E-state index contributed by atoms with van der Waals surface area (Å²) in [5.41, 5.74) is 0. The second-order valence-electron chi connectivity index (χ2n) is 24.3. The highest BCUT2D eigenvalue weighted by Gasteiger charge is 2.53. The summed E-state index contributed by atoms with van der Waals surface area (Å²) in [6, 6.07) is 0. The van der Waals surface area contributed by atoms with Gasteiger partial charge in [-0.15, -0.1) is 0 Å². The van der Waals surface area contributed by atoms with Gasteiger partial charge in [0.15, 0.2) is 18.0 Å². The lowest BCUT2D eigenvalue weighted by molar-refractivity contribution is -0.333. The molecule has 0 aliphatic carbocycles. The monoisotopic (exact) mass is 1180 g/mol. The zero-order valence-corrected chi connectivity index (χ0v) is 50.3. The van der Waals surface area contributed by atoms with Crippen LogP contribution in [-0.2, 0) is 57.0 Å². The lowest BCUT2D eigenvalue weighted by atomic mass is 9.77. The fourth-order valence-corrected chi connectivity index (χ4v) is 12.2. The molecule has 4 heterocycles. The molecule has 0 amide bonds. The zero-order valence-electron chi connectivity index (χ0n) is 50.3. The van der Waals surface area contributed by atoms with Crippen molar-refractivity contribution in [2.45, 2.75) is 286 Å². The Hall–Kier alpha value is -2.53. The van der Waals surface area contributed by atoms with Gasteiger partial charge in [0.2, 0.25) is 0 Å². The molecule has 0 spiro atoms. The molecule has 23 nitrogen and oxygen atoms in total. The molecule has 27 atom stereocenters. The molecule has 3 fully saturated rings. The van der Waals surface area contributed by atoms with Crippen LogP contribution < -0.4 is 0 Å². The van der Waals surface area contributed by atoms with Gasteiger partial charge in [0.05, 0.1) is 92.6 Å². The first-order chi connectivity index (χ1) is 38.6. The third kappa shape index (κ3) is 21.1. The van der Waals surface area contributed by atoms with Crippen LogP contribution in [0.25, 0.3) is 0 Å². The highest BCUT2D eigenvalue weighted by atomic mass is 16.7. The number of aliphatic hydroxyl groups excluding tert-OH is 10. The van der Waals surface area contributed by atoms with Crippen LogP contribution in [0.1, 0.15) is 158 Å². The van der Waals surface area contributed by atoms with Crippen LogP contribution in [0.5, 0.6) is 0 Å². The van der Waals surface area contributed by atoms with E-state index < -0.39 is 170 Å². The minimum Gasteiger partial charge on any atom is -0.468 e. The number of epoxide rings is 1. The Bertz CT molecular complexity index is 1910. The molecule has 4 rings (SSSR count). The molecule has 4 aliphatic heterocycles. The van der Waals surface area contributed by atoms with Crippen molar-refractivity contribution in [3.63, 3.8) is 0 Å². The van der Waals surface area contributed by atoms with Gasteiger partial charge in [-0.2, -0.15) is 0 Å². The largest absolute Gasteiger partial charge is 0.468 e. The number of cyclic esters (lactones) is 1. The third-order valence-corrected chi connectivity index (χ3v) is 17.8. The molecule has 0 aromatic carbocycles. The van der Waals surface area contributed by atoms with Crippen molar-refractivity contribution in [2.24, 2.45) is 35.5 Å². The number of ether oxygens (including phenoxy) is 9. The number of hydrogen-bond acceptors (Lipinski definition) is 23. The second-order valence-corrected chi connectivity index (χ2v) is 24.3. The first-order valence-corrected chi connectivity index (χ1v) is 30.0. The molecule has 0 radical (unpaired) electrons. The molecule has 11 N–H and O–H groups in total. The van der Waals surface area contributed by atoms with Crippen molar-refractivity contribution in [3.05, 3.63) is 12.2 Å². The number of unbranched alkanes of at least 4 members (excludes halogenated alkanes) is 1. The first kappa shape index (κ1) is 71.9. The van der Waals surface area contributed by atoms with Crippen LogP contribution in [0.4, 0.5) is 0 Å². The molecule has 19 unspecified atom stereocenters. The van der Waals surface area contributed by atoms with Crippen LogP contribution in [0.3, 0.4) is 0 Å². The van der Waals surface area contributed by atoms with Gasteiger partial charge in [0.1, 0.15) is 30.5 Å². The molecular weight excluding hydrogens is 1080 g/mol.